The van der Waals surface area contributed by atoms with Gasteiger partial charge in [-0.2, -0.15) is 0 Å². The summed E-state index contributed by atoms with van der Waals surface area (Å²) in [5.41, 5.74) is 1.88. The molecule has 2 aliphatic heterocycles. The van der Waals surface area contributed by atoms with E-state index in [1.807, 2.05) is 12.1 Å². The first-order chi connectivity index (χ1) is 14.5. The van der Waals surface area contributed by atoms with Crippen molar-refractivity contribution in [1.82, 2.24) is 19.8 Å². The van der Waals surface area contributed by atoms with Crippen LogP contribution in [0.25, 0.3) is 0 Å². The fraction of sp³-hybridized carbons (Fsp3) is 0.545. The summed E-state index contributed by atoms with van der Waals surface area (Å²) in [7, 11) is 4.23. The molecule has 2 aliphatic rings. The second-order valence-corrected chi connectivity index (χ2v) is 8.93. The normalized spacial score (nSPS) is 21.7. The average molecular weight is 451 g/mol. The average Bonchev–Trinajstić information content (AvgIpc) is 2.73. The fourth-order valence-corrected chi connectivity index (χ4v) is 4.06. The molecule has 0 aromatic carbocycles. The van der Waals surface area contributed by atoms with Crippen LogP contribution in [0.15, 0.2) is 24.5 Å². The monoisotopic (exact) mass is 450 g/mol. The third-order valence-corrected chi connectivity index (χ3v) is 6.88. The van der Waals surface area contributed by atoms with E-state index in [0.717, 1.165) is 35.7 Å². The van der Waals surface area contributed by atoms with Gasteiger partial charge in [-0.3, -0.25) is 9.80 Å². The van der Waals surface area contributed by atoms with Crippen LogP contribution in [-0.4, -0.2) is 72.3 Å². The maximum atomic E-state index is 6.33. The van der Waals surface area contributed by atoms with E-state index in [2.05, 4.69) is 33.9 Å². The SMILES string of the molecule is CN1CCC1COc1cnc(Cl)c(CCc2cc(OC[C@@H]3CCN3C)cnc2Cl)c1. The first kappa shape index (κ1) is 21.6. The molecule has 0 bridgehead atoms. The fourth-order valence-electron chi connectivity index (χ4n) is 3.67. The van der Waals surface area contributed by atoms with Gasteiger partial charge < -0.3 is 9.47 Å². The molecule has 8 heteroatoms. The highest BCUT2D eigenvalue weighted by Gasteiger charge is 2.25. The second kappa shape index (κ2) is 9.69. The molecule has 0 spiro atoms. The van der Waals surface area contributed by atoms with Crippen LogP contribution < -0.4 is 9.47 Å². The van der Waals surface area contributed by atoms with Crippen LogP contribution in [0.3, 0.4) is 0 Å². The Labute approximate surface area is 188 Å². The summed E-state index contributed by atoms with van der Waals surface area (Å²) in [6, 6.07) is 4.91. The standard InChI is InChI=1S/C22H28Cl2N4O2/c1-27-7-5-17(27)13-29-19-9-15(21(23)25-11-19)3-4-16-10-20(12-26-22(16)24)30-14-18-6-8-28(18)2/h9-12,17-18H,3-8,13-14H2,1-2H3/t17-,18?/m0/s1. The maximum absolute atomic E-state index is 6.33. The number of hydrogen-bond donors (Lipinski definition) is 0. The highest BCUT2D eigenvalue weighted by Crippen LogP contribution is 2.26. The molecule has 1 unspecified atom stereocenters. The summed E-state index contributed by atoms with van der Waals surface area (Å²) in [5, 5.41) is 0.986. The van der Waals surface area contributed by atoms with Crippen molar-refractivity contribution >= 4 is 23.2 Å². The number of hydrogen-bond acceptors (Lipinski definition) is 6. The van der Waals surface area contributed by atoms with Gasteiger partial charge in [0.05, 0.1) is 12.4 Å². The zero-order valence-electron chi connectivity index (χ0n) is 17.5. The molecule has 6 nitrogen and oxygen atoms in total. The summed E-state index contributed by atoms with van der Waals surface area (Å²) < 4.78 is 11.8. The Morgan fingerprint density at radius 1 is 0.833 bits per heavy atom. The van der Waals surface area contributed by atoms with Crippen molar-refractivity contribution in [2.24, 2.45) is 0 Å². The van der Waals surface area contributed by atoms with Crippen LogP contribution >= 0.6 is 23.2 Å². The Hall–Kier alpha value is -1.60. The summed E-state index contributed by atoms with van der Waals surface area (Å²) >= 11 is 12.7. The molecule has 0 saturated carbocycles. The largest absolute Gasteiger partial charge is 0.490 e. The maximum Gasteiger partial charge on any atom is 0.138 e. The van der Waals surface area contributed by atoms with E-state index in [1.165, 1.54) is 12.8 Å². The van der Waals surface area contributed by atoms with Gasteiger partial charge in [-0.15, -0.1) is 0 Å². The van der Waals surface area contributed by atoms with Gasteiger partial charge >= 0.3 is 0 Å². The number of nitrogens with zero attached hydrogens (tertiary/aromatic N) is 4. The molecule has 30 heavy (non-hydrogen) atoms. The van der Waals surface area contributed by atoms with Crippen LogP contribution in [0, 0.1) is 0 Å². The topological polar surface area (TPSA) is 50.7 Å². The number of halogens is 2. The molecule has 0 radical (unpaired) electrons. The highest BCUT2D eigenvalue weighted by atomic mass is 35.5. The molecule has 2 atom stereocenters. The van der Waals surface area contributed by atoms with Gasteiger partial charge in [0.15, 0.2) is 0 Å². The Balaban J connectivity index is 1.35. The van der Waals surface area contributed by atoms with Crippen LogP contribution in [0.5, 0.6) is 11.5 Å². The molecule has 2 aromatic heterocycles. The molecule has 162 valence electrons. The predicted molar refractivity (Wildman–Crippen MR) is 119 cm³/mol. The van der Waals surface area contributed by atoms with Gasteiger partial charge in [0, 0.05) is 12.1 Å². The lowest BCUT2D eigenvalue weighted by atomic mass is 10.1. The summed E-state index contributed by atoms with van der Waals surface area (Å²) in [5.74, 6) is 1.50. The number of aryl methyl sites for hydroxylation is 2. The van der Waals surface area contributed by atoms with E-state index in [9.17, 15) is 0 Å². The van der Waals surface area contributed by atoms with E-state index in [1.54, 1.807) is 12.4 Å². The minimum Gasteiger partial charge on any atom is -0.490 e. The lowest BCUT2D eigenvalue weighted by Gasteiger charge is -2.37. The molecule has 0 N–H and O–H groups in total. The molecule has 0 aliphatic carbocycles. The van der Waals surface area contributed by atoms with Gasteiger partial charge in [-0.1, -0.05) is 23.2 Å². The van der Waals surface area contributed by atoms with Crippen molar-refractivity contribution in [3.8, 4) is 11.5 Å². The van der Waals surface area contributed by atoms with Gasteiger partial charge in [0.1, 0.15) is 35.0 Å². The van der Waals surface area contributed by atoms with E-state index >= 15 is 0 Å². The van der Waals surface area contributed by atoms with Gasteiger partial charge in [0.2, 0.25) is 0 Å². The second-order valence-electron chi connectivity index (χ2n) is 8.21. The van der Waals surface area contributed by atoms with Crippen molar-refractivity contribution in [3.05, 3.63) is 46.0 Å². The van der Waals surface area contributed by atoms with Crippen molar-refractivity contribution in [1.29, 1.82) is 0 Å². The molecule has 0 amide bonds. The van der Waals surface area contributed by atoms with Crippen molar-refractivity contribution in [2.75, 3.05) is 40.4 Å². The lowest BCUT2D eigenvalue weighted by Crippen LogP contribution is -2.48. The molecule has 4 heterocycles. The van der Waals surface area contributed by atoms with Gasteiger partial charge in [-0.25, -0.2) is 9.97 Å². The summed E-state index contributed by atoms with van der Waals surface area (Å²) in [4.78, 5) is 13.2. The Bertz CT molecular complexity index is 811. The molecule has 4 rings (SSSR count). The third kappa shape index (κ3) is 5.17. The molecular formula is C22H28Cl2N4O2. The number of aromatic nitrogens is 2. The summed E-state index contributed by atoms with van der Waals surface area (Å²) in [6.07, 6.45) is 7.11. The number of ether oxygens (including phenoxy) is 2. The van der Waals surface area contributed by atoms with E-state index in [0.29, 0.717) is 48.4 Å². The van der Waals surface area contributed by atoms with Gasteiger partial charge in [0.25, 0.3) is 0 Å². The Morgan fingerprint density at radius 3 is 1.60 bits per heavy atom. The minimum atomic E-state index is 0.483. The van der Waals surface area contributed by atoms with Crippen molar-refractivity contribution < 1.29 is 9.47 Å². The van der Waals surface area contributed by atoms with E-state index in [-0.39, 0.29) is 0 Å². The quantitative estimate of drug-likeness (QED) is 0.542. The first-order valence-corrected chi connectivity index (χ1v) is 11.2. The van der Waals surface area contributed by atoms with Crippen LogP contribution in [-0.2, 0) is 12.8 Å². The predicted octanol–water partition coefficient (Wildman–Crippen LogP) is 3.73. The number of likely N-dealkylation sites (tertiary alicyclic amines) is 2. The van der Waals surface area contributed by atoms with Gasteiger partial charge in [-0.05, 0) is 76.1 Å². The zero-order valence-corrected chi connectivity index (χ0v) is 19.0. The Morgan fingerprint density at radius 2 is 1.27 bits per heavy atom. The smallest absolute Gasteiger partial charge is 0.138 e. The van der Waals surface area contributed by atoms with E-state index in [4.69, 9.17) is 32.7 Å². The van der Waals surface area contributed by atoms with Crippen LogP contribution in [0.1, 0.15) is 24.0 Å². The van der Waals surface area contributed by atoms with Crippen molar-refractivity contribution in [2.45, 2.75) is 37.8 Å². The molecule has 2 saturated heterocycles. The molecule has 2 aromatic rings. The van der Waals surface area contributed by atoms with Crippen LogP contribution in [0.4, 0.5) is 0 Å². The highest BCUT2D eigenvalue weighted by molar-refractivity contribution is 6.30. The van der Waals surface area contributed by atoms with E-state index < -0.39 is 0 Å². The van der Waals surface area contributed by atoms with Crippen LogP contribution in [0.2, 0.25) is 10.3 Å². The summed E-state index contributed by atoms with van der Waals surface area (Å²) in [6.45, 7) is 3.61. The number of rotatable bonds is 9. The van der Waals surface area contributed by atoms with Crippen molar-refractivity contribution in [3.63, 3.8) is 0 Å². The minimum absolute atomic E-state index is 0.483. The Kier molecular flexibility index (Phi) is 6.98. The third-order valence-electron chi connectivity index (χ3n) is 6.20. The first-order valence-electron chi connectivity index (χ1n) is 10.4. The molecule has 2 fully saturated rings. The lowest BCUT2D eigenvalue weighted by molar-refractivity contribution is 0.0767. The number of pyridine rings is 2. The zero-order chi connectivity index (χ0) is 21.1. The number of likely N-dealkylation sites (N-methyl/N-ethyl adjacent to an activating group) is 2. The molecular weight excluding hydrogens is 423 g/mol.